The van der Waals surface area contributed by atoms with Gasteiger partial charge in [-0.2, -0.15) is 0 Å². The number of hydrogen-bond acceptors (Lipinski definition) is 4. The fourth-order valence-corrected chi connectivity index (χ4v) is 3.84. The highest BCUT2D eigenvalue weighted by Crippen LogP contribution is 2.31. The second-order valence-electron chi connectivity index (χ2n) is 6.77. The number of fused-ring (bicyclic) bond motifs is 1. The number of nitrogens with one attached hydrogen (secondary N) is 1. The average molecular weight is 343 g/mol. The monoisotopic (exact) mass is 342 g/mol. The van der Waals surface area contributed by atoms with Crippen LogP contribution in [-0.4, -0.2) is 29.1 Å². The Bertz CT molecular complexity index is 729. The van der Waals surface area contributed by atoms with E-state index in [0.29, 0.717) is 6.04 Å². The molecule has 1 saturated heterocycles. The van der Waals surface area contributed by atoms with Gasteiger partial charge in [-0.25, -0.2) is 9.97 Å². The predicted octanol–water partition coefficient (Wildman–Crippen LogP) is 3.82. The van der Waals surface area contributed by atoms with E-state index in [9.17, 15) is 0 Å². The number of benzene rings is 1. The van der Waals surface area contributed by atoms with Gasteiger partial charge >= 0.3 is 0 Å². The van der Waals surface area contributed by atoms with Crippen LogP contribution in [-0.2, 0) is 13.0 Å². The highest BCUT2D eigenvalue weighted by molar-refractivity contribution is 6.30. The third-order valence-electron chi connectivity index (χ3n) is 5.08. The zero-order valence-corrected chi connectivity index (χ0v) is 14.8. The molecule has 24 heavy (non-hydrogen) atoms. The number of aromatic nitrogens is 2. The minimum absolute atomic E-state index is 0.519. The molecule has 4 nitrogen and oxygen atoms in total. The van der Waals surface area contributed by atoms with Crippen molar-refractivity contribution in [1.29, 1.82) is 0 Å². The van der Waals surface area contributed by atoms with Crippen molar-refractivity contribution in [3.63, 3.8) is 0 Å². The van der Waals surface area contributed by atoms with E-state index in [1.165, 1.54) is 24.1 Å². The molecule has 1 unspecified atom stereocenters. The molecule has 1 fully saturated rings. The molecular weight excluding hydrogens is 320 g/mol. The van der Waals surface area contributed by atoms with Gasteiger partial charge in [-0.15, -0.1) is 0 Å². The second-order valence-corrected chi connectivity index (χ2v) is 7.21. The molecule has 3 heterocycles. The zero-order chi connectivity index (χ0) is 16.5. The van der Waals surface area contributed by atoms with E-state index in [0.717, 1.165) is 54.7 Å². The molecule has 0 bridgehead atoms. The Morgan fingerprint density at radius 1 is 1.17 bits per heavy atom. The fourth-order valence-electron chi connectivity index (χ4n) is 3.71. The van der Waals surface area contributed by atoms with Gasteiger partial charge in [-0.1, -0.05) is 23.7 Å². The Balaban J connectivity index is 1.84. The number of halogens is 1. The molecule has 2 aliphatic heterocycles. The van der Waals surface area contributed by atoms with Gasteiger partial charge in [0, 0.05) is 35.3 Å². The molecule has 2 aliphatic rings. The maximum Gasteiger partial charge on any atom is 0.226 e. The van der Waals surface area contributed by atoms with Crippen LogP contribution >= 0.6 is 11.6 Å². The fraction of sp³-hybridized carbons (Fsp3) is 0.474. The first kappa shape index (κ1) is 15.9. The lowest BCUT2D eigenvalue weighted by atomic mass is 10.0. The van der Waals surface area contributed by atoms with Crippen molar-refractivity contribution in [1.82, 2.24) is 15.3 Å². The molecule has 0 spiro atoms. The van der Waals surface area contributed by atoms with Crippen molar-refractivity contribution in [3.05, 3.63) is 40.5 Å². The Morgan fingerprint density at radius 2 is 2.00 bits per heavy atom. The maximum absolute atomic E-state index is 6.07. The van der Waals surface area contributed by atoms with Crippen LogP contribution in [0.4, 0.5) is 5.95 Å². The molecular formula is C19H23ClN4. The first-order chi connectivity index (χ1) is 11.7. The van der Waals surface area contributed by atoms with E-state index in [1.54, 1.807) is 0 Å². The summed E-state index contributed by atoms with van der Waals surface area (Å²) in [6.45, 7) is 5.19. The molecule has 0 aliphatic carbocycles. The molecule has 1 aromatic carbocycles. The zero-order valence-electron chi connectivity index (χ0n) is 14.1. The van der Waals surface area contributed by atoms with Crippen molar-refractivity contribution in [2.45, 2.75) is 45.2 Å². The number of hydrogen-bond donors (Lipinski definition) is 1. The molecule has 1 atom stereocenters. The van der Waals surface area contributed by atoms with Crippen molar-refractivity contribution in [2.75, 3.05) is 18.0 Å². The summed E-state index contributed by atoms with van der Waals surface area (Å²) >= 11 is 6.07. The van der Waals surface area contributed by atoms with Crippen LogP contribution in [0.25, 0.3) is 11.3 Å². The van der Waals surface area contributed by atoms with Crippen molar-refractivity contribution >= 4 is 17.5 Å². The van der Waals surface area contributed by atoms with Crippen LogP contribution in [0.2, 0.25) is 5.02 Å². The van der Waals surface area contributed by atoms with Crippen LogP contribution in [0.3, 0.4) is 0 Å². The summed E-state index contributed by atoms with van der Waals surface area (Å²) < 4.78 is 0. The van der Waals surface area contributed by atoms with E-state index in [-0.39, 0.29) is 0 Å². The predicted molar refractivity (Wildman–Crippen MR) is 98.5 cm³/mol. The van der Waals surface area contributed by atoms with Crippen LogP contribution in [0.1, 0.15) is 37.4 Å². The second kappa shape index (κ2) is 6.69. The van der Waals surface area contributed by atoms with E-state index in [1.807, 2.05) is 12.1 Å². The lowest BCUT2D eigenvalue weighted by Crippen LogP contribution is -2.29. The lowest BCUT2D eigenvalue weighted by molar-refractivity contribution is 0.680. The number of nitrogens with zero attached hydrogens (tertiary/aromatic N) is 3. The summed E-state index contributed by atoms with van der Waals surface area (Å²) in [5.41, 5.74) is 4.62. The third kappa shape index (κ3) is 3.01. The Labute approximate surface area is 148 Å². The Morgan fingerprint density at radius 3 is 2.75 bits per heavy atom. The van der Waals surface area contributed by atoms with Gasteiger partial charge in [0.15, 0.2) is 0 Å². The molecule has 5 heteroatoms. The largest absolute Gasteiger partial charge is 0.338 e. The van der Waals surface area contributed by atoms with E-state index < -0.39 is 0 Å². The lowest BCUT2D eigenvalue weighted by Gasteiger charge is -2.24. The highest BCUT2D eigenvalue weighted by Gasteiger charge is 2.26. The summed E-state index contributed by atoms with van der Waals surface area (Å²) in [6, 6.07) is 8.52. The molecule has 0 radical (unpaired) electrons. The number of anilines is 1. The normalized spacial score (nSPS) is 20.8. The average Bonchev–Trinajstić information content (AvgIpc) is 2.88. The van der Waals surface area contributed by atoms with Gasteiger partial charge in [-0.05, 0) is 51.3 Å². The summed E-state index contributed by atoms with van der Waals surface area (Å²) in [7, 11) is 0. The number of rotatable bonds is 2. The summed E-state index contributed by atoms with van der Waals surface area (Å²) in [5, 5.41) is 4.26. The van der Waals surface area contributed by atoms with Crippen molar-refractivity contribution in [3.8, 4) is 11.3 Å². The van der Waals surface area contributed by atoms with Crippen LogP contribution in [0.15, 0.2) is 24.3 Å². The standard InChI is InChI=1S/C19H23ClN4/c1-13-4-3-11-24(13)19-22-17-5-2-10-21-12-16(17)18(23-19)14-6-8-15(20)9-7-14/h6-9,13,21H,2-5,10-12H2,1H3. The molecule has 4 rings (SSSR count). The van der Waals surface area contributed by atoms with Crippen LogP contribution in [0.5, 0.6) is 0 Å². The van der Waals surface area contributed by atoms with Crippen LogP contribution < -0.4 is 10.2 Å². The smallest absolute Gasteiger partial charge is 0.226 e. The first-order valence-corrected chi connectivity index (χ1v) is 9.23. The van der Waals surface area contributed by atoms with Crippen molar-refractivity contribution in [2.24, 2.45) is 0 Å². The molecule has 126 valence electrons. The van der Waals surface area contributed by atoms with Crippen molar-refractivity contribution < 1.29 is 0 Å². The summed E-state index contributed by atoms with van der Waals surface area (Å²) in [6.07, 6.45) is 4.58. The Hall–Kier alpha value is -1.65. The van der Waals surface area contributed by atoms with Gasteiger partial charge in [0.05, 0.1) is 11.4 Å². The number of aryl methyl sites for hydroxylation is 1. The molecule has 1 aromatic heterocycles. The van der Waals surface area contributed by atoms with Gasteiger partial charge in [0.25, 0.3) is 0 Å². The third-order valence-corrected chi connectivity index (χ3v) is 5.33. The molecule has 1 N–H and O–H groups in total. The van der Waals surface area contributed by atoms with E-state index >= 15 is 0 Å². The molecule has 0 amide bonds. The summed E-state index contributed by atoms with van der Waals surface area (Å²) in [5.74, 6) is 0.894. The van der Waals surface area contributed by atoms with Gasteiger partial charge in [0.1, 0.15) is 0 Å². The highest BCUT2D eigenvalue weighted by atomic mass is 35.5. The molecule has 0 saturated carbocycles. The van der Waals surface area contributed by atoms with E-state index in [4.69, 9.17) is 21.6 Å². The summed E-state index contributed by atoms with van der Waals surface area (Å²) in [4.78, 5) is 12.3. The topological polar surface area (TPSA) is 41.1 Å². The van der Waals surface area contributed by atoms with Gasteiger partial charge in [0.2, 0.25) is 5.95 Å². The minimum atomic E-state index is 0.519. The quantitative estimate of drug-likeness (QED) is 0.900. The molecule has 2 aromatic rings. The maximum atomic E-state index is 6.07. The minimum Gasteiger partial charge on any atom is -0.338 e. The van der Waals surface area contributed by atoms with E-state index in [2.05, 4.69) is 29.3 Å². The SMILES string of the molecule is CC1CCCN1c1nc2c(c(-c3ccc(Cl)cc3)n1)CNCCC2. The Kier molecular flexibility index (Phi) is 4.42. The van der Waals surface area contributed by atoms with Crippen LogP contribution in [0, 0.1) is 0 Å². The first-order valence-electron chi connectivity index (χ1n) is 8.85. The van der Waals surface area contributed by atoms with Gasteiger partial charge < -0.3 is 10.2 Å². The van der Waals surface area contributed by atoms with Gasteiger partial charge in [-0.3, -0.25) is 0 Å².